The van der Waals surface area contributed by atoms with E-state index in [2.05, 4.69) is 74.2 Å². The van der Waals surface area contributed by atoms with Gasteiger partial charge in [-0.05, 0) is 23.6 Å². The summed E-state index contributed by atoms with van der Waals surface area (Å²) in [6, 6.07) is 17.1. The van der Waals surface area contributed by atoms with Gasteiger partial charge in [-0.25, -0.2) is 0 Å². The van der Waals surface area contributed by atoms with E-state index >= 15 is 0 Å². The zero-order valence-electron chi connectivity index (χ0n) is 11.5. The van der Waals surface area contributed by atoms with Gasteiger partial charge < -0.3 is 0 Å². The Hall–Kier alpha value is -2.12. The molecule has 0 aliphatic heterocycles. The van der Waals surface area contributed by atoms with Gasteiger partial charge in [0.25, 0.3) is 0 Å². The van der Waals surface area contributed by atoms with Crippen molar-refractivity contribution in [2.45, 2.75) is 6.92 Å². The minimum Gasteiger partial charge on any atom is -0.135 e. The summed E-state index contributed by atoms with van der Waals surface area (Å²) in [6.07, 6.45) is 6.21. The highest BCUT2D eigenvalue weighted by Gasteiger charge is 2.11. The Bertz CT molecular complexity index is 776. The topological polar surface area (TPSA) is 0 Å². The van der Waals surface area contributed by atoms with Gasteiger partial charge in [0.2, 0.25) is 0 Å². The molecule has 0 radical (unpaired) electrons. The molecule has 0 N–H and O–H groups in total. The van der Waals surface area contributed by atoms with E-state index in [1.807, 2.05) is 17.4 Å². The molecule has 20 heavy (non-hydrogen) atoms. The largest absolute Gasteiger partial charge is 0.135 e. The lowest BCUT2D eigenvalue weighted by molar-refractivity contribution is 1.67. The van der Waals surface area contributed by atoms with Gasteiger partial charge in [0.15, 0.2) is 0 Å². The summed E-state index contributed by atoms with van der Waals surface area (Å²) in [5, 5.41) is 1.31. The molecule has 0 fully saturated rings. The van der Waals surface area contributed by atoms with Crippen LogP contribution in [0.5, 0.6) is 0 Å². The van der Waals surface area contributed by atoms with Crippen LogP contribution in [0, 0.1) is 0 Å². The van der Waals surface area contributed by atoms with Crippen molar-refractivity contribution in [1.82, 2.24) is 0 Å². The molecule has 0 spiro atoms. The molecule has 98 valence electrons. The molecule has 0 aliphatic rings. The van der Waals surface area contributed by atoms with Crippen molar-refractivity contribution >= 4 is 33.6 Å². The molecular formula is C19H16S. The van der Waals surface area contributed by atoms with E-state index in [-0.39, 0.29) is 0 Å². The van der Waals surface area contributed by atoms with Gasteiger partial charge in [0.1, 0.15) is 0 Å². The summed E-state index contributed by atoms with van der Waals surface area (Å²) in [7, 11) is 0. The van der Waals surface area contributed by atoms with Crippen molar-refractivity contribution in [3.8, 4) is 11.1 Å². The molecule has 0 amide bonds. The molecule has 1 aromatic heterocycles. The number of benzene rings is 2. The van der Waals surface area contributed by atoms with Crippen LogP contribution in [0.2, 0.25) is 0 Å². The van der Waals surface area contributed by atoms with Gasteiger partial charge in [0, 0.05) is 15.0 Å². The van der Waals surface area contributed by atoms with Crippen LogP contribution in [-0.4, -0.2) is 0 Å². The third kappa shape index (κ3) is 2.10. The molecule has 0 aliphatic carbocycles. The van der Waals surface area contributed by atoms with Crippen LogP contribution < -0.4 is 0 Å². The lowest BCUT2D eigenvalue weighted by Gasteiger charge is -2.03. The van der Waals surface area contributed by atoms with Crippen LogP contribution in [0.1, 0.15) is 17.4 Å². The highest BCUT2D eigenvalue weighted by molar-refractivity contribution is 7.20. The van der Waals surface area contributed by atoms with Gasteiger partial charge >= 0.3 is 0 Å². The Morgan fingerprint density at radius 2 is 1.80 bits per heavy atom. The van der Waals surface area contributed by atoms with E-state index in [4.69, 9.17) is 0 Å². The van der Waals surface area contributed by atoms with Gasteiger partial charge in [-0.3, -0.25) is 0 Å². The van der Waals surface area contributed by atoms with Crippen molar-refractivity contribution in [3.63, 3.8) is 0 Å². The van der Waals surface area contributed by atoms with Crippen molar-refractivity contribution in [2.75, 3.05) is 0 Å². The molecule has 0 bridgehead atoms. The van der Waals surface area contributed by atoms with E-state index in [1.165, 1.54) is 31.7 Å². The second-order valence-electron chi connectivity index (χ2n) is 4.63. The van der Waals surface area contributed by atoms with E-state index in [1.54, 1.807) is 0 Å². The monoisotopic (exact) mass is 276 g/mol. The Morgan fingerprint density at radius 3 is 2.50 bits per heavy atom. The fourth-order valence-corrected chi connectivity index (χ4v) is 3.67. The van der Waals surface area contributed by atoms with Crippen LogP contribution in [0.15, 0.2) is 61.2 Å². The van der Waals surface area contributed by atoms with E-state index < -0.39 is 0 Å². The molecule has 3 rings (SSSR count). The molecular weight excluding hydrogens is 260 g/mol. The molecule has 3 aromatic rings. The normalized spacial score (nSPS) is 11.2. The summed E-state index contributed by atoms with van der Waals surface area (Å²) in [4.78, 5) is 1.24. The maximum atomic E-state index is 3.95. The second-order valence-corrected chi connectivity index (χ2v) is 5.68. The zero-order chi connectivity index (χ0) is 13.9. The van der Waals surface area contributed by atoms with Gasteiger partial charge in [-0.1, -0.05) is 73.3 Å². The van der Waals surface area contributed by atoms with Crippen LogP contribution in [0.4, 0.5) is 0 Å². The second kappa shape index (κ2) is 5.48. The summed E-state index contributed by atoms with van der Waals surface area (Å²) in [5.41, 5.74) is 3.84. The molecule has 0 unspecified atom stereocenters. The van der Waals surface area contributed by atoms with Gasteiger partial charge in [0.05, 0.1) is 0 Å². The third-order valence-electron chi connectivity index (χ3n) is 3.39. The number of hydrogen-bond donors (Lipinski definition) is 0. The molecule has 0 atom stereocenters. The number of hydrogen-bond acceptors (Lipinski definition) is 1. The molecule has 0 nitrogen and oxygen atoms in total. The average Bonchev–Trinajstić information content (AvgIpc) is 2.86. The van der Waals surface area contributed by atoms with Crippen molar-refractivity contribution < 1.29 is 0 Å². The predicted octanol–water partition coefficient (Wildman–Crippen LogP) is 6.24. The van der Waals surface area contributed by atoms with Crippen LogP contribution in [0.25, 0.3) is 33.4 Å². The van der Waals surface area contributed by atoms with Crippen LogP contribution >= 0.6 is 11.3 Å². The van der Waals surface area contributed by atoms with Crippen molar-refractivity contribution in [1.29, 1.82) is 0 Å². The van der Waals surface area contributed by atoms with Crippen LogP contribution in [-0.2, 0) is 0 Å². The SMILES string of the molecule is C=Cc1sc2c(-c3ccccc3)cccc2c1/C=C\C. The first-order valence-electron chi connectivity index (χ1n) is 6.71. The minimum atomic E-state index is 1.24. The minimum absolute atomic E-state index is 1.24. The lowest BCUT2D eigenvalue weighted by atomic mass is 10.0. The first-order chi connectivity index (χ1) is 9.85. The highest BCUT2D eigenvalue weighted by atomic mass is 32.1. The third-order valence-corrected chi connectivity index (χ3v) is 4.64. The zero-order valence-corrected chi connectivity index (χ0v) is 12.3. The van der Waals surface area contributed by atoms with E-state index in [9.17, 15) is 0 Å². The van der Waals surface area contributed by atoms with E-state index in [0.29, 0.717) is 0 Å². The molecule has 1 heterocycles. The fourth-order valence-electron chi connectivity index (χ4n) is 2.49. The standard InChI is InChI=1S/C19H16S/c1-3-9-16-17-13-8-12-15(14-10-6-5-7-11-14)19(17)20-18(16)4-2/h3-13H,2H2,1H3/b9-3-. The van der Waals surface area contributed by atoms with Crippen LogP contribution in [0.3, 0.4) is 0 Å². The van der Waals surface area contributed by atoms with Crippen molar-refractivity contribution in [3.05, 3.63) is 71.6 Å². The lowest BCUT2D eigenvalue weighted by Crippen LogP contribution is -1.78. The molecule has 0 saturated carbocycles. The van der Waals surface area contributed by atoms with Gasteiger partial charge in [-0.15, -0.1) is 11.3 Å². The Labute approximate surface area is 123 Å². The smallest absolute Gasteiger partial charge is 0.0433 e. The summed E-state index contributed by atoms with van der Waals surface area (Å²) in [5.74, 6) is 0. The van der Waals surface area contributed by atoms with E-state index in [0.717, 1.165) is 0 Å². The number of fused-ring (bicyclic) bond motifs is 1. The summed E-state index contributed by atoms with van der Waals surface area (Å²) < 4.78 is 1.33. The fraction of sp³-hybridized carbons (Fsp3) is 0.0526. The summed E-state index contributed by atoms with van der Waals surface area (Å²) in [6.45, 7) is 6.00. The maximum Gasteiger partial charge on any atom is 0.0433 e. The maximum absolute atomic E-state index is 3.95. The Balaban J connectivity index is 2.34. The molecule has 1 heteroatoms. The first kappa shape index (κ1) is 12.9. The highest BCUT2D eigenvalue weighted by Crippen LogP contribution is 2.39. The Kier molecular flexibility index (Phi) is 3.53. The quantitative estimate of drug-likeness (QED) is 0.531. The molecule has 2 aromatic carbocycles. The first-order valence-corrected chi connectivity index (χ1v) is 7.53. The Morgan fingerprint density at radius 1 is 1.00 bits per heavy atom. The van der Waals surface area contributed by atoms with Gasteiger partial charge in [-0.2, -0.15) is 0 Å². The number of allylic oxidation sites excluding steroid dienone is 1. The predicted molar refractivity (Wildman–Crippen MR) is 92.1 cm³/mol. The van der Waals surface area contributed by atoms with Crippen molar-refractivity contribution in [2.24, 2.45) is 0 Å². The summed E-state index contributed by atoms with van der Waals surface area (Å²) >= 11 is 1.82. The number of thiophene rings is 1. The number of rotatable bonds is 3. The average molecular weight is 276 g/mol. The molecule has 0 saturated heterocycles.